The van der Waals surface area contributed by atoms with Gasteiger partial charge < -0.3 is 24.1 Å². The summed E-state index contributed by atoms with van der Waals surface area (Å²) in [4.78, 5) is 0. The van der Waals surface area contributed by atoms with Crippen LogP contribution in [0.1, 0.15) is 17.5 Å². The first-order valence-corrected chi connectivity index (χ1v) is 8.90. The van der Waals surface area contributed by atoms with Gasteiger partial charge in [0.1, 0.15) is 11.9 Å². The van der Waals surface area contributed by atoms with Gasteiger partial charge in [0.2, 0.25) is 0 Å². The molecule has 0 radical (unpaired) electrons. The van der Waals surface area contributed by atoms with Crippen molar-refractivity contribution < 1.29 is 24.1 Å². The first-order valence-electron chi connectivity index (χ1n) is 8.90. The number of benzene rings is 2. The molecule has 1 saturated heterocycles. The molecule has 3 rings (SSSR count). The topological polar surface area (TPSA) is 57.2 Å². The third kappa shape index (κ3) is 5.54. The molecule has 26 heavy (non-hydrogen) atoms. The first-order chi connectivity index (χ1) is 12.7. The largest absolute Gasteiger partial charge is 0.497 e. The minimum Gasteiger partial charge on any atom is -0.497 e. The average Bonchev–Trinajstić information content (AvgIpc) is 3.03. The number of methoxy groups -OCH3 is 1. The van der Waals surface area contributed by atoms with Crippen LogP contribution >= 0.6 is 0 Å². The monoisotopic (exact) mass is 358 g/mol. The highest BCUT2D eigenvalue weighted by atomic mass is 16.6. The lowest BCUT2D eigenvalue weighted by atomic mass is 10.1. The fourth-order valence-corrected chi connectivity index (χ4v) is 2.97. The first kappa shape index (κ1) is 18.9. The molecule has 0 unspecified atom stereocenters. The van der Waals surface area contributed by atoms with E-state index < -0.39 is 6.10 Å². The van der Waals surface area contributed by atoms with Gasteiger partial charge >= 0.3 is 0 Å². The molecule has 3 atom stereocenters. The minimum atomic E-state index is -0.517. The predicted octanol–water partition coefficient (Wildman–Crippen LogP) is 2.95. The zero-order chi connectivity index (χ0) is 18.2. The van der Waals surface area contributed by atoms with Gasteiger partial charge in [-0.2, -0.15) is 0 Å². The van der Waals surface area contributed by atoms with Crippen LogP contribution in [0.4, 0.5) is 0 Å². The van der Waals surface area contributed by atoms with Crippen LogP contribution < -0.4 is 4.74 Å². The summed E-state index contributed by atoms with van der Waals surface area (Å²) in [6, 6.07) is 17.8. The van der Waals surface area contributed by atoms with Crippen molar-refractivity contribution in [1.82, 2.24) is 0 Å². The van der Waals surface area contributed by atoms with E-state index in [1.807, 2.05) is 54.6 Å². The fraction of sp³-hybridized carbons (Fsp3) is 0.429. The molecule has 5 nitrogen and oxygen atoms in total. The highest BCUT2D eigenvalue weighted by Crippen LogP contribution is 2.22. The van der Waals surface area contributed by atoms with Crippen molar-refractivity contribution in [3.8, 4) is 5.75 Å². The molecule has 0 spiro atoms. The second kappa shape index (κ2) is 9.69. The predicted molar refractivity (Wildman–Crippen MR) is 98.0 cm³/mol. The molecule has 1 aliphatic rings. The second-order valence-corrected chi connectivity index (χ2v) is 6.46. The van der Waals surface area contributed by atoms with Crippen LogP contribution in [0.15, 0.2) is 54.6 Å². The Morgan fingerprint density at radius 3 is 2.27 bits per heavy atom. The number of rotatable bonds is 9. The number of aliphatic hydroxyl groups is 1. The van der Waals surface area contributed by atoms with Crippen molar-refractivity contribution in [3.05, 3.63) is 65.7 Å². The van der Waals surface area contributed by atoms with Crippen LogP contribution in [0.5, 0.6) is 5.75 Å². The minimum absolute atomic E-state index is 0.0942. The van der Waals surface area contributed by atoms with E-state index in [0.717, 1.165) is 16.9 Å². The summed E-state index contributed by atoms with van der Waals surface area (Å²) in [6.07, 6.45) is -0.344. The van der Waals surface area contributed by atoms with E-state index in [1.165, 1.54) is 0 Å². The highest BCUT2D eigenvalue weighted by Gasteiger charge is 2.34. The number of hydrogen-bond acceptors (Lipinski definition) is 5. The second-order valence-electron chi connectivity index (χ2n) is 6.46. The van der Waals surface area contributed by atoms with Crippen LogP contribution in [0, 0.1) is 0 Å². The van der Waals surface area contributed by atoms with E-state index >= 15 is 0 Å². The summed E-state index contributed by atoms with van der Waals surface area (Å²) >= 11 is 0. The standard InChI is InChI=1S/C21H26O5/c1-23-18-9-7-17(8-10-18)13-25-15-21-20(22)11-19(26-21)14-24-12-16-5-3-2-4-6-16/h2-10,19-22H,11-15H2,1H3/t19-,20-,21-/m0/s1. The van der Waals surface area contributed by atoms with Crippen molar-refractivity contribution in [1.29, 1.82) is 0 Å². The lowest BCUT2D eigenvalue weighted by molar-refractivity contribution is -0.0677. The molecule has 2 aromatic rings. The lowest BCUT2D eigenvalue weighted by Crippen LogP contribution is -2.26. The van der Waals surface area contributed by atoms with Gasteiger partial charge in [0, 0.05) is 6.42 Å². The molecule has 0 aromatic heterocycles. The number of hydrogen-bond donors (Lipinski definition) is 1. The van der Waals surface area contributed by atoms with E-state index in [4.69, 9.17) is 18.9 Å². The third-order valence-corrected chi connectivity index (χ3v) is 4.43. The molecular formula is C21H26O5. The third-order valence-electron chi connectivity index (χ3n) is 4.43. The number of ether oxygens (including phenoxy) is 4. The SMILES string of the molecule is COc1ccc(COC[C@@H]2O[C@H](COCc3ccccc3)C[C@@H]2O)cc1. The fourth-order valence-electron chi connectivity index (χ4n) is 2.97. The Balaban J connectivity index is 1.35. The molecule has 0 saturated carbocycles. The van der Waals surface area contributed by atoms with Crippen molar-refractivity contribution >= 4 is 0 Å². The van der Waals surface area contributed by atoms with Crippen LogP contribution in [-0.2, 0) is 27.4 Å². The Bertz CT molecular complexity index is 643. The molecule has 140 valence electrons. The van der Waals surface area contributed by atoms with Crippen molar-refractivity contribution in [2.75, 3.05) is 20.3 Å². The summed E-state index contributed by atoms with van der Waals surface area (Å²) < 4.78 is 22.4. The maximum absolute atomic E-state index is 10.2. The molecule has 1 N–H and O–H groups in total. The van der Waals surface area contributed by atoms with E-state index in [0.29, 0.717) is 32.8 Å². The van der Waals surface area contributed by atoms with Gasteiger partial charge in [-0.25, -0.2) is 0 Å². The molecule has 0 aliphatic carbocycles. The summed E-state index contributed by atoms with van der Waals surface area (Å²) in [6.45, 7) is 1.87. The Hall–Kier alpha value is -1.92. The molecule has 0 bridgehead atoms. The van der Waals surface area contributed by atoms with Crippen molar-refractivity contribution in [2.24, 2.45) is 0 Å². The van der Waals surface area contributed by atoms with Crippen LogP contribution in [0.25, 0.3) is 0 Å². The molecule has 2 aromatic carbocycles. The Labute approximate surface area is 154 Å². The van der Waals surface area contributed by atoms with Crippen LogP contribution in [0.3, 0.4) is 0 Å². The molecular weight excluding hydrogens is 332 g/mol. The van der Waals surface area contributed by atoms with Crippen molar-refractivity contribution in [2.45, 2.75) is 37.9 Å². The number of aliphatic hydroxyl groups excluding tert-OH is 1. The van der Waals surface area contributed by atoms with Gasteiger partial charge in [-0.05, 0) is 23.3 Å². The van der Waals surface area contributed by atoms with Crippen LogP contribution in [0.2, 0.25) is 0 Å². The van der Waals surface area contributed by atoms with Crippen LogP contribution in [-0.4, -0.2) is 43.7 Å². The van der Waals surface area contributed by atoms with Gasteiger partial charge in [-0.15, -0.1) is 0 Å². The van der Waals surface area contributed by atoms with Crippen molar-refractivity contribution in [3.63, 3.8) is 0 Å². The smallest absolute Gasteiger partial charge is 0.118 e. The van der Waals surface area contributed by atoms with Gasteiger partial charge in [-0.3, -0.25) is 0 Å². The Morgan fingerprint density at radius 2 is 1.58 bits per heavy atom. The van der Waals surface area contributed by atoms with E-state index in [9.17, 15) is 5.11 Å². The lowest BCUT2D eigenvalue weighted by Gasteiger charge is -2.15. The van der Waals surface area contributed by atoms with E-state index in [-0.39, 0.29) is 12.2 Å². The summed E-state index contributed by atoms with van der Waals surface area (Å²) in [5, 5.41) is 10.2. The molecule has 1 aliphatic heterocycles. The average molecular weight is 358 g/mol. The van der Waals surface area contributed by atoms with Gasteiger partial charge in [-0.1, -0.05) is 42.5 Å². The van der Waals surface area contributed by atoms with Gasteiger partial charge in [0.15, 0.2) is 0 Å². The molecule has 0 amide bonds. The highest BCUT2D eigenvalue weighted by molar-refractivity contribution is 5.26. The van der Waals surface area contributed by atoms with E-state index in [1.54, 1.807) is 7.11 Å². The van der Waals surface area contributed by atoms with E-state index in [2.05, 4.69) is 0 Å². The maximum Gasteiger partial charge on any atom is 0.118 e. The normalized spacial score (nSPS) is 22.5. The molecule has 1 fully saturated rings. The summed E-state index contributed by atoms with van der Waals surface area (Å²) in [5.41, 5.74) is 2.19. The Kier molecular flexibility index (Phi) is 7.03. The quantitative estimate of drug-likeness (QED) is 0.747. The van der Waals surface area contributed by atoms with Gasteiger partial charge in [0.25, 0.3) is 0 Å². The Morgan fingerprint density at radius 1 is 0.923 bits per heavy atom. The summed E-state index contributed by atoms with van der Waals surface area (Å²) in [5.74, 6) is 0.821. The molecule has 5 heteroatoms. The zero-order valence-corrected chi connectivity index (χ0v) is 15.0. The molecule has 1 heterocycles. The zero-order valence-electron chi connectivity index (χ0n) is 15.0. The maximum atomic E-state index is 10.2. The summed E-state index contributed by atoms with van der Waals surface area (Å²) in [7, 11) is 1.64. The van der Waals surface area contributed by atoms with Gasteiger partial charge in [0.05, 0.1) is 45.7 Å².